The number of halogens is 1. The number of benzene rings is 1. The van der Waals surface area contributed by atoms with Gasteiger partial charge in [-0.15, -0.1) is 24.0 Å². The highest BCUT2D eigenvalue weighted by molar-refractivity contribution is 14.0. The molecule has 6 nitrogen and oxygen atoms in total. The number of nitrogens with zero attached hydrogens (tertiary/aromatic N) is 2. The van der Waals surface area contributed by atoms with Crippen molar-refractivity contribution in [3.05, 3.63) is 54.0 Å². The third kappa shape index (κ3) is 7.54. The Balaban J connectivity index is 0.00000300. The first-order chi connectivity index (χ1) is 13.8. The molecule has 2 N–H and O–H groups in total. The number of hydrogen-bond acceptors (Lipinski definition) is 4. The van der Waals surface area contributed by atoms with Crippen LogP contribution < -0.4 is 15.5 Å². The van der Waals surface area contributed by atoms with Gasteiger partial charge in [0.05, 0.1) is 25.5 Å². The van der Waals surface area contributed by atoms with Gasteiger partial charge in [0.25, 0.3) is 0 Å². The first-order valence-corrected chi connectivity index (χ1v) is 10.2. The number of methoxy groups -OCH3 is 1. The number of hydrogen-bond donors (Lipinski definition) is 2. The van der Waals surface area contributed by atoms with Crippen LogP contribution in [-0.2, 0) is 11.2 Å². The minimum absolute atomic E-state index is 0. The molecule has 1 aliphatic heterocycles. The third-order valence-corrected chi connectivity index (χ3v) is 5.00. The lowest BCUT2D eigenvalue weighted by molar-refractivity contribution is 0.208. The summed E-state index contributed by atoms with van der Waals surface area (Å²) in [6, 6.07) is 12.9. The van der Waals surface area contributed by atoms with Gasteiger partial charge in [0.1, 0.15) is 5.76 Å². The molecule has 1 fully saturated rings. The molecular formula is C22H33IN4O2. The predicted molar refractivity (Wildman–Crippen MR) is 129 cm³/mol. The number of anilines is 1. The van der Waals surface area contributed by atoms with E-state index in [0.717, 1.165) is 37.8 Å². The highest BCUT2D eigenvalue weighted by atomic mass is 127. The first-order valence-electron chi connectivity index (χ1n) is 10.2. The van der Waals surface area contributed by atoms with Crippen LogP contribution in [0.5, 0.6) is 0 Å². The summed E-state index contributed by atoms with van der Waals surface area (Å²) in [6.07, 6.45) is 5.09. The lowest BCUT2D eigenvalue weighted by atomic mass is 10.1. The van der Waals surface area contributed by atoms with Crippen LogP contribution in [0.1, 0.15) is 37.1 Å². The standard InChI is InChI=1S/C22H32N4O2.HI/c1-18(19-7-5-8-20(17-19)26-13-3-4-14-26)25-22(24-12-16-27-2)23-11-10-21-9-6-15-28-21;/h5-9,15,17-18H,3-4,10-14,16H2,1-2H3,(H2,23,24,25);1H. The predicted octanol–water partition coefficient (Wildman–Crippen LogP) is 3.98. The van der Waals surface area contributed by atoms with E-state index in [1.54, 1.807) is 13.4 Å². The van der Waals surface area contributed by atoms with Crippen LogP contribution >= 0.6 is 24.0 Å². The van der Waals surface area contributed by atoms with Crippen LogP contribution in [0.2, 0.25) is 0 Å². The molecule has 3 rings (SSSR count). The average molecular weight is 512 g/mol. The van der Waals surface area contributed by atoms with Crippen molar-refractivity contribution in [3.63, 3.8) is 0 Å². The Labute approximate surface area is 191 Å². The number of ether oxygens (including phenoxy) is 1. The Morgan fingerprint density at radius 3 is 2.79 bits per heavy atom. The molecular weight excluding hydrogens is 479 g/mol. The van der Waals surface area contributed by atoms with Crippen molar-refractivity contribution in [1.29, 1.82) is 0 Å². The molecule has 29 heavy (non-hydrogen) atoms. The molecule has 1 saturated heterocycles. The Morgan fingerprint density at radius 2 is 2.07 bits per heavy atom. The summed E-state index contributed by atoms with van der Waals surface area (Å²) < 4.78 is 10.5. The van der Waals surface area contributed by atoms with Gasteiger partial charge in [0, 0.05) is 38.9 Å². The summed E-state index contributed by atoms with van der Waals surface area (Å²) in [4.78, 5) is 7.09. The molecule has 1 atom stereocenters. The molecule has 0 aliphatic carbocycles. The van der Waals surface area contributed by atoms with Gasteiger partial charge in [0.15, 0.2) is 5.96 Å². The number of aliphatic imine (C=N–C) groups is 1. The van der Waals surface area contributed by atoms with Gasteiger partial charge >= 0.3 is 0 Å². The van der Waals surface area contributed by atoms with Gasteiger partial charge < -0.3 is 24.7 Å². The lowest BCUT2D eigenvalue weighted by Gasteiger charge is -2.22. The molecule has 0 bridgehead atoms. The minimum Gasteiger partial charge on any atom is -0.469 e. The Bertz CT molecular complexity index is 730. The highest BCUT2D eigenvalue weighted by Gasteiger charge is 2.14. The van der Waals surface area contributed by atoms with Crippen LogP contribution in [0.15, 0.2) is 52.1 Å². The second-order valence-corrected chi connectivity index (χ2v) is 7.13. The van der Waals surface area contributed by atoms with Gasteiger partial charge in [-0.05, 0) is 49.6 Å². The zero-order chi connectivity index (χ0) is 19.6. The molecule has 0 amide bonds. The van der Waals surface area contributed by atoms with Crippen molar-refractivity contribution in [2.75, 3.05) is 44.8 Å². The van der Waals surface area contributed by atoms with Crippen molar-refractivity contribution >= 4 is 35.6 Å². The van der Waals surface area contributed by atoms with Crippen molar-refractivity contribution in [2.45, 2.75) is 32.2 Å². The molecule has 2 heterocycles. The normalized spacial score (nSPS) is 15.1. The molecule has 2 aromatic rings. The largest absolute Gasteiger partial charge is 0.469 e. The second kappa shape index (κ2) is 12.7. The third-order valence-electron chi connectivity index (χ3n) is 5.00. The zero-order valence-corrected chi connectivity index (χ0v) is 19.7. The molecule has 1 unspecified atom stereocenters. The molecule has 1 aliphatic rings. The van der Waals surface area contributed by atoms with Crippen molar-refractivity contribution in [2.24, 2.45) is 4.99 Å². The molecule has 160 valence electrons. The number of nitrogens with one attached hydrogen (secondary N) is 2. The van der Waals surface area contributed by atoms with Crippen LogP contribution in [0, 0.1) is 0 Å². The second-order valence-electron chi connectivity index (χ2n) is 7.13. The van der Waals surface area contributed by atoms with Crippen LogP contribution in [-0.4, -0.2) is 45.9 Å². The fraction of sp³-hybridized carbons (Fsp3) is 0.500. The SMILES string of the molecule is COCCN=C(NCCc1ccco1)NC(C)c1cccc(N2CCCC2)c1.I. The maximum atomic E-state index is 5.40. The summed E-state index contributed by atoms with van der Waals surface area (Å²) in [5, 5.41) is 6.92. The summed E-state index contributed by atoms with van der Waals surface area (Å²) in [5.41, 5.74) is 2.57. The van der Waals surface area contributed by atoms with E-state index in [0.29, 0.717) is 13.2 Å². The zero-order valence-electron chi connectivity index (χ0n) is 17.4. The lowest BCUT2D eigenvalue weighted by Crippen LogP contribution is -2.40. The molecule has 1 aromatic carbocycles. The van der Waals surface area contributed by atoms with Gasteiger partial charge in [-0.2, -0.15) is 0 Å². The molecule has 0 saturated carbocycles. The summed E-state index contributed by atoms with van der Waals surface area (Å²) in [7, 11) is 1.69. The molecule has 0 radical (unpaired) electrons. The van der Waals surface area contributed by atoms with Crippen molar-refractivity contribution < 1.29 is 9.15 Å². The molecule has 0 spiro atoms. The molecule has 7 heteroatoms. The summed E-state index contributed by atoms with van der Waals surface area (Å²) in [5.74, 6) is 1.76. The van der Waals surface area contributed by atoms with Crippen molar-refractivity contribution in [3.8, 4) is 0 Å². The maximum absolute atomic E-state index is 5.40. The first kappa shape index (κ1) is 23.5. The van der Waals surface area contributed by atoms with E-state index in [-0.39, 0.29) is 30.0 Å². The van der Waals surface area contributed by atoms with E-state index >= 15 is 0 Å². The van der Waals surface area contributed by atoms with E-state index in [2.05, 4.69) is 51.7 Å². The van der Waals surface area contributed by atoms with E-state index in [4.69, 9.17) is 9.15 Å². The quantitative estimate of drug-likeness (QED) is 0.230. The van der Waals surface area contributed by atoms with E-state index in [1.165, 1.54) is 24.1 Å². The van der Waals surface area contributed by atoms with Gasteiger partial charge in [-0.1, -0.05) is 12.1 Å². The minimum atomic E-state index is 0. The monoisotopic (exact) mass is 512 g/mol. The fourth-order valence-corrected chi connectivity index (χ4v) is 3.41. The van der Waals surface area contributed by atoms with Gasteiger partial charge in [0.2, 0.25) is 0 Å². The van der Waals surface area contributed by atoms with Gasteiger partial charge in [-0.3, -0.25) is 4.99 Å². The van der Waals surface area contributed by atoms with E-state index < -0.39 is 0 Å². The average Bonchev–Trinajstić information content (AvgIpc) is 3.42. The number of guanidine groups is 1. The molecule has 1 aromatic heterocycles. The highest BCUT2D eigenvalue weighted by Crippen LogP contribution is 2.23. The summed E-state index contributed by atoms with van der Waals surface area (Å²) >= 11 is 0. The summed E-state index contributed by atoms with van der Waals surface area (Å²) in [6.45, 7) is 6.46. The van der Waals surface area contributed by atoms with E-state index in [9.17, 15) is 0 Å². The van der Waals surface area contributed by atoms with Gasteiger partial charge in [-0.25, -0.2) is 0 Å². The smallest absolute Gasteiger partial charge is 0.191 e. The topological polar surface area (TPSA) is 62.0 Å². The van der Waals surface area contributed by atoms with Crippen LogP contribution in [0.3, 0.4) is 0 Å². The van der Waals surface area contributed by atoms with E-state index in [1.807, 2.05) is 12.1 Å². The van der Waals surface area contributed by atoms with Crippen LogP contribution in [0.25, 0.3) is 0 Å². The Morgan fingerprint density at radius 1 is 1.24 bits per heavy atom. The Hall–Kier alpha value is -1.74. The Kier molecular flexibility index (Phi) is 10.3. The maximum Gasteiger partial charge on any atom is 0.191 e. The number of furan rings is 1. The fourth-order valence-electron chi connectivity index (χ4n) is 3.41. The van der Waals surface area contributed by atoms with Crippen molar-refractivity contribution in [1.82, 2.24) is 10.6 Å². The van der Waals surface area contributed by atoms with Crippen LogP contribution in [0.4, 0.5) is 5.69 Å². The number of rotatable bonds is 9.